The van der Waals surface area contributed by atoms with Gasteiger partial charge in [0.15, 0.2) is 0 Å². The van der Waals surface area contributed by atoms with Gasteiger partial charge in [0.2, 0.25) is 0 Å². The number of sulfonamides is 1. The molecule has 1 aliphatic heterocycles. The zero-order valence-electron chi connectivity index (χ0n) is 13.0. The van der Waals surface area contributed by atoms with Crippen LogP contribution in [0.2, 0.25) is 0 Å². The maximum atomic E-state index is 12.7. The molecule has 2 rings (SSSR count). The summed E-state index contributed by atoms with van der Waals surface area (Å²) in [5, 5.41) is 3.30. The maximum Gasteiger partial charge on any atom is 0.252 e. The van der Waals surface area contributed by atoms with Crippen molar-refractivity contribution in [2.45, 2.75) is 56.7 Å². The number of nitrogens with zero attached hydrogens (tertiary/aromatic N) is 1. The van der Waals surface area contributed by atoms with Gasteiger partial charge < -0.3 is 10.1 Å². The molecule has 1 saturated heterocycles. The predicted molar refractivity (Wildman–Crippen MR) is 85.1 cm³/mol. The van der Waals surface area contributed by atoms with Gasteiger partial charge in [-0.3, -0.25) is 0 Å². The second-order valence-corrected chi connectivity index (χ2v) is 9.17. The SMILES string of the molecule is CC(C)NCc1ccc(S(=O)(=O)N2C[C@@H](C)O[C@@H](C)C2)s1. The molecule has 0 aliphatic carbocycles. The van der Waals surface area contributed by atoms with E-state index in [0.717, 1.165) is 4.88 Å². The molecule has 1 N–H and O–H groups in total. The molecule has 0 spiro atoms. The average Bonchev–Trinajstić information content (AvgIpc) is 2.84. The molecule has 7 heteroatoms. The second kappa shape index (κ2) is 6.75. The minimum absolute atomic E-state index is 0.0643. The Kier molecular flexibility index (Phi) is 5.43. The number of thiophene rings is 1. The van der Waals surface area contributed by atoms with Gasteiger partial charge in [-0.25, -0.2) is 8.42 Å². The third-order valence-corrected chi connectivity index (χ3v) is 6.69. The molecular weight excluding hydrogens is 308 g/mol. The Hall–Kier alpha value is -0.470. The molecule has 0 saturated carbocycles. The molecule has 1 aliphatic rings. The first-order valence-electron chi connectivity index (χ1n) is 7.26. The lowest BCUT2D eigenvalue weighted by atomic mass is 10.3. The summed E-state index contributed by atoms with van der Waals surface area (Å²) in [6.45, 7) is 9.50. The Balaban J connectivity index is 2.12. The van der Waals surface area contributed by atoms with Crippen LogP contribution in [0.3, 0.4) is 0 Å². The highest BCUT2D eigenvalue weighted by Crippen LogP contribution is 2.27. The molecule has 0 radical (unpaired) electrons. The Morgan fingerprint density at radius 2 is 1.95 bits per heavy atom. The highest BCUT2D eigenvalue weighted by Gasteiger charge is 2.33. The van der Waals surface area contributed by atoms with E-state index in [4.69, 9.17) is 4.74 Å². The lowest BCUT2D eigenvalue weighted by molar-refractivity contribution is -0.0440. The van der Waals surface area contributed by atoms with Gasteiger partial charge in [0.25, 0.3) is 10.0 Å². The number of hydrogen-bond donors (Lipinski definition) is 1. The van der Waals surface area contributed by atoms with Crippen molar-refractivity contribution in [1.29, 1.82) is 0 Å². The Labute approximate surface area is 131 Å². The largest absolute Gasteiger partial charge is 0.373 e. The van der Waals surface area contributed by atoms with Crippen molar-refractivity contribution in [2.75, 3.05) is 13.1 Å². The molecule has 5 nitrogen and oxygen atoms in total. The first-order chi connectivity index (χ1) is 9.79. The van der Waals surface area contributed by atoms with Gasteiger partial charge in [0, 0.05) is 30.6 Å². The van der Waals surface area contributed by atoms with Crippen LogP contribution in [0.4, 0.5) is 0 Å². The van der Waals surface area contributed by atoms with Crippen LogP contribution in [-0.4, -0.2) is 44.1 Å². The van der Waals surface area contributed by atoms with Crippen molar-refractivity contribution in [2.24, 2.45) is 0 Å². The van der Waals surface area contributed by atoms with Crippen LogP contribution in [0, 0.1) is 0 Å². The van der Waals surface area contributed by atoms with Crippen molar-refractivity contribution in [3.05, 3.63) is 17.0 Å². The number of ether oxygens (including phenoxy) is 1. The van der Waals surface area contributed by atoms with E-state index >= 15 is 0 Å². The molecule has 0 aromatic carbocycles. The van der Waals surface area contributed by atoms with Gasteiger partial charge in [0.05, 0.1) is 12.2 Å². The molecule has 1 aromatic heterocycles. The van der Waals surface area contributed by atoms with Gasteiger partial charge in [-0.2, -0.15) is 4.31 Å². The predicted octanol–water partition coefficient (Wildman–Crippen LogP) is 2.04. The fourth-order valence-corrected chi connectivity index (χ4v) is 5.40. The van der Waals surface area contributed by atoms with Gasteiger partial charge in [-0.1, -0.05) is 13.8 Å². The van der Waals surface area contributed by atoms with Crippen molar-refractivity contribution in [1.82, 2.24) is 9.62 Å². The fraction of sp³-hybridized carbons (Fsp3) is 0.714. The van der Waals surface area contributed by atoms with Crippen LogP contribution >= 0.6 is 11.3 Å². The Bertz CT molecular complexity index is 559. The van der Waals surface area contributed by atoms with Crippen molar-refractivity contribution < 1.29 is 13.2 Å². The van der Waals surface area contributed by atoms with Gasteiger partial charge >= 0.3 is 0 Å². The van der Waals surface area contributed by atoms with Crippen molar-refractivity contribution in [3.8, 4) is 0 Å². The van der Waals surface area contributed by atoms with Crippen LogP contribution in [-0.2, 0) is 21.3 Å². The number of morpholine rings is 1. The van der Waals surface area contributed by atoms with Gasteiger partial charge in [0.1, 0.15) is 4.21 Å². The van der Waals surface area contributed by atoms with Crippen molar-refractivity contribution >= 4 is 21.4 Å². The standard InChI is InChI=1S/C14H24N2O3S2/c1-10(2)15-7-13-5-6-14(20-13)21(17,18)16-8-11(3)19-12(4)9-16/h5-6,10-12,15H,7-9H2,1-4H3/t11-,12+. The van der Waals surface area contributed by atoms with E-state index in [1.807, 2.05) is 19.9 Å². The van der Waals surface area contributed by atoms with Crippen LogP contribution in [0.25, 0.3) is 0 Å². The smallest absolute Gasteiger partial charge is 0.252 e. The summed E-state index contributed by atoms with van der Waals surface area (Å²) >= 11 is 1.34. The molecule has 0 bridgehead atoms. The van der Waals surface area contributed by atoms with E-state index in [9.17, 15) is 8.42 Å². The summed E-state index contributed by atoms with van der Waals surface area (Å²) in [6.07, 6.45) is -0.129. The van der Waals surface area contributed by atoms with E-state index in [2.05, 4.69) is 19.2 Å². The minimum atomic E-state index is -3.40. The average molecular weight is 332 g/mol. The first kappa shape index (κ1) is 16.9. The third kappa shape index (κ3) is 4.26. The molecule has 0 amide bonds. The van der Waals surface area contributed by atoms with Crippen LogP contribution in [0.1, 0.15) is 32.6 Å². The first-order valence-corrected chi connectivity index (χ1v) is 9.52. The zero-order chi connectivity index (χ0) is 15.6. The molecule has 120 valence electrons. The maximum absolute atomic E-state index is 12.7. The summed E-state index contributed by atoms with van der Waals surface area (Å²) in [5.74, 6) is 0. The number of hydrogen-bond acceptors (Lipinski definition) is 5. The highest BCUT2D eigenvalue weighted by atomic mass is 32.2. The summed E-state index contributed by atoms with van der Waals surface area (Å²) < 4.78 is 32.9. The molecule has 2 atom stereocenters. The summed E-state index contributed by atoms with van der Waals surface area (Å²) in [4.78, 5) is 1.04. The fourth-order valence-electron chi connectivity index (χ4n) is 2.35. The topological polar surface area (TPSA) is 58.6 Å². The summed E-state index contributed by atoms with van der Waals surface area (Å²) in [7, 11) is -3.40. The Morgan fingerprint density at radius 3 is 2.52 bits per heavy atom. The number of rotatable bonds is 5. The zero-order valence-corrected chi connectivity index (χ0v) is 14.6. The molecule has 21 heavy (non-hydrogen) atoms. The monoisotopic (exact) mass is 332 g/mol. The summed E-state index contributed by atoms with van der Waals surface area (Å²) in [5.41, 5.74) is 0. The third-order valence-electron chi connectivity index (χ3n) is 3.30. The molecule has 0 unspecified atom stereocenters. The van der Waals surface area contributed by atoms with Crippen LogP contribution in [0.15, 0.2) is 16.3 Å². The quantitative estimate of drug-likeness (QED) is 0.896. The van der Waals surface area contributed by atoms with E-state index in [0.29, 0.717) is 29.9 Å². The summed E-state index contributed by atoms with van der Waals surface area (Å²) in [6, 6.07) is 3.98. The van der Waals surface area contributed by atoms with Gasteiger partial charge in [-0.15, -0.1) is 11.3 Å². The highest BCUT2D eigenvalue weighted by molar-refractivity contribution is 7.91. The van der Waals surface area contributed by atoms with Crippen LogP contribution < -0.4 is 5.32 Å². The minimum Gasteiger partial charge on any atom is -0.373 e. The van der Waals surface area contributed by atoms with Gasteiger partial charge in [-0.05, 0) is 26.0 Å². The van der Waals surface area contributed by atoms with E-state index in [-0.39, 0.29) is 12.2 Å². The lowest BCUT2D eigenvalue weighted by Gasteiger charge is -2.34. The van der Waals surface area contributed by atoms with E-state index in [1.54, 1.807) is 6.07 Å². The molecule has 1 fully saturated rings. The molecule has 1 aromatic rings. The lowest BCUT2D eigenvalue weighted by Crippen LogP contribution is -2.47. The van der Waals surface area contributed by atoms with E-state index < -0.39 is 10.0 Å². The van der Waals surface area contributed by atoms with Crippen LogP contribution in [0.5, 0.6) is 0 Å². The Morgan fingerprint density at radius 1 is 1.33 bits per heavy atom. The molecular formula is C14H24N2O3S2. The normalized spacial score (nSPS) is 24.6. The molecule has 2 heterocycles. The van der Waals surface area contributed by atoms with Crippen molar-refractivity contribution in [3.63, 3.8) is 0 Å². The second-order valence-electron chi connectivity index (χ2n) is 5.84. The number of nitrogens with one attached hydrogen (secondary N) is 1. The van der Waals surface area contributed by atoms with E-state index in [1.165, 1.54) is 15.6 Å².